The third-order valence-electron chi connectivity index (χ3n) is 3.62. The number of nitro groups is 2. The molecule has 28 heavy (non-hydrogen) atoms. The molecule has 0 heterocycles. The molecule has 2 unspecified atom stereocenters. The zero-order valence-corrected chi connectivity index (χ0v) is 14.8. The fourth-order valence-corrected chi connectivity index (χ4v) is 2.15. The normalized spacial score (nSPS) is 19.9. The Kier molecular flexibility index (Phi) is 6.93. The topological polar surface area (TPSA) is 184 Å². The summed E-state index contributed by atoms with van der Waals surface area (Å²) in [5.41, 5.74) is -3.07. The lowest BCUT2D eigenvalue weighted by Crippen LogP contribution is -2.47. The van der Waals surface area contributed by atoms with Crippen molar-refractivity contribution in [2.45, 2.75) is 5.72 Å². The van der Waals surface area contributed by atoms with E-state index in [4.69, 9.17) is 5.11 Å². The van der Waals surface area contributed by atoms with Gasteiger partial charge in [0.15, 0.2) is 5.92 Å². The Bertz CT molecular complexity index is 863. The average Bonchev–Trinajstić information content (AvgIpc) is 2.61. The maximum atomic E-state index is 11.5. The molecule has 0 aliphatic heterocycles. The van der Waals surface area contributed by atoms with Crippen molar-refractivity contribution >= 4 is 17.6 Å². The highest BCUT2D eigenvalue weighted by atomic mass is 16.7. The quantitative estimate of drug-likeness (QED) is 0.376. The summed E-state index contributed by atoms with van der Waals surface area (Å²) in [6, 6.07) is 3.83. The maximum Gasteiger partial charge on any atom is 0.359 e. The highest BCUT2D eigenvalue weighted by molar-refractivity contribution is 5.97. The molecule has 0 spiro atoms. The summed E-state index contributed by atoms with van der Waals surface area (Å²) < 4.78 is 0. The van der Waals surface area contributed by atoms with Crippen molar-refractivity contribution in [3.05, 3.63) is 68.3 Å². The lowest BCUT2D eigenvalue weighted by molar-refractivity contribution is -0.614. The van der Waals surface area contributed by atoms with E-state index >= 15 is 0 Å². The molecule has 2 atom stereocenters. The molecule has 0 saturated heterocycles. The Balaban J connectivity index is 0.000000283. The number of aliphatic carboxylic acids is 1. The molecule has 1 amide bonds. The van der Waals surface area contributed by atoms with Crippen molar-refractivity contribution in [3.63, 3.8) is 0 Å². The van der Waals surface area contributed by atoms with E-state index in [1.165, 1.54) is 43.3 Å². The van der Waals surface area contributed by atoms with Gasteiger partial charge in [0.25, 0.3) is 5.91 Å². The molecule has 0 bridgehead atoms. The Hall–Kier alpha value is -3.80. The number of hydrogen-bond acceptors (Lipinski definition) is 8. The van der Waals surface area contributed by atoms with Crippen LogP contribution < -0.4 is 0 Å². The van der Waals surface area contributed by atoms with Crippen LogP contribution in [-0.2, 0) is 4.79 Å². The minimum Gasteiger partial charge on any atom is -0.502 e. The number of nitro benzene ring substituents is 1. The van der Waals surface area contributed by atoms with Crippen LogP contribution in [0, 0.1) is 26.1 Å². The molecule has 0 saturated carbocycles. The van der Waals surface area contributed by atoms with Crippen LogP contribution in [0.25, 0.3) is 0 Å². The largest absolute Gasteiger partial charge is 0.502 e. The van der Waals surface area contributed by atoms with Crippen molar-refractivity contribution in [3.8, 4) is 5.75 Å². The first kappa shape index (κ1) is 22.2. The van der Waals surface area contributed by atoms with Crippen LogP contribution >= 0.6 is 0 Å². The molecular weight excluding hydrogens is 378 g/mol. The van der Waals surface area contributed by atoms with Gasteiger partial charge in [0.05, 0.1) is 15.4 Å². The Morgan fingerprint density at radius 1 is 1.18 bits per heavy atom. The molecule has 150 valence electrons. The Labute approximate surface area is 157 Å². The van der Waals surface area contributed by atoms with Crippen molar-refractivity contribution in [1.82, 2.24) is 4.90 Å². The van der Waals surface area contributed by atoms with Crippen LogP contribution in [0.2, 0.25) is 0 Å². The van der Waals surface area contributed by atoms with Crippen molar-refractivity contribution in [2.75, 3.05) is 14.1 Å². The smallest absolute Gasteiger partial charge is 0.359 e. The molecular formula is C16H17N3O9. The van der Waals surface area contributed by atoms with E-state index < -0.39 is 44.8 Å². The second kappa shape index (κ2) is 8.73. The zero-order chi connectivity index (χ0) is 21.6. The van der Waals surface area contributed by atoms with Gasteiger partial charge >= 0.3 is 17.4 Å². The molecule has 0 aromatic heterocycles. The monoisotopic (exact) mass is 395 g/mol. The van der Waals surface area contributed by atoms with Crippen LogP contribution in [0.1, 0.15) is 10.4 Å². The third-order valence-corrected chi connectivity index (χ3v) is 3.62. The standard InChI is InChI=1S/C9H10N2O4.C7H7NO5/c1-10(2)9(13)6-4-3-5-7(8(6)12)11(14)15;9-6(10)5-3-1-2-4-7(5,11)8(12)13/h3-5,12H,1-2H3;1-5,11H,(H,9,10). The van der Waals surface area contributed by atoms with Gasteiger partial charge in [-0.15, -0.1) is 0 Å². The minimum absolute atomic E-state index is 0.0748. The summed E-state index contributed by atoms with van der Waals surface area (Å²) in [6.07, 6.45) is 4.51. The number of hydrogen-bond donors (Lipinski definition) is 3. The van der Waals surface area contributed by atoms with E-state index in [0.29, 0.717) is 0 Å². The van der Waals surface area contributed by atoms with Gasteiger partial charge in [-0.1, -0.05) is 24.3 Å². The summed E-state index contributed by atoms with van der Waals surface area (Å²) >= 11 is 0. The van der Waals surface area contributed by atoms with Gasteiger partial charge in [-0.2, -0.15) is 0 Å². The minimum atomic E-state index is -2.53. The molecule has 0 fully saturated rings. The van der Waals surface area contributed by atoms with Gasteiger partial charge in [0.1, 0.15) is 0 Å². The average molecular weight is 395 g/mol. The summed E-state index contributed by atoms with van der Waals surface area (Å²) in [7, 11) is 3.00. The number of aromatic hydroxyl groups is 1. The number of aliphatic hydroxyl groups is 1. The van der Waals surface area contributed by atoms with Gasteiger partial charge in [-0.3, -0.25) is 29.8 Å². The molecule has 1 aliphatic carbocycles. The van der Waals surface area contributed by atoms with Crippen molar-refractivity contribution < 1.29 is 34.8 Å². The van der Waals surface area contributed by atoms with Crippen molar-refractivity contribution in [2.24, 2.45) is 5.92 Å². The number of carbonyl (C=O) groups is 2. The van der Waals surface area contributed by atoms with E-state index in [1.54, 1.807) is 0 Å². The van der Waals surface area contributed by atoms with Crippen LogP contribution in [0.4, 0.5) is 5.69 Å². The fourth-order valence-electron chi connectivity index (χ4n) is 2.15. The summed E-state index contributed by atoms with van der Waals surface area (Å²) in [4.78, 5) is 42.4. The number of allylic oxidation sites excluding steroid dienone is 2. The number of rotatable bonds is 4. The molecule has 1 aliphatic rings. The van der Waals surface area contributed by atoms with Gasteiger partial charge in [-0.25, -0.2) is 0 Å². The third kappa shape index (κ3) is 4.67. The van der Waals surface area contributed by atoms with E-state index in [0.717, 1.165) is 18.2 Å². The van der Waals surface area contributed by atoms with Gasteiger partial charge in [0, 0.05) is 26.2 Å². The molecule has 1 aromatic rings. The molecule has 3 N–H and O–H groups in total. The Morgan fingerprint density at radius 2 is 1.79 bits per heavy atom. The lowest BCUT2D eigenvalue weighted by atomic mass is 9.92. The number of carbonyl (C=O) groups excluding carboxylic acids is 1. The summed E-state index contributed by atoms with van der Waals surface area (Å²) in [5.74, 6) is -4.04. The molecule has 12 heteroatoms. The Morgan fingerprint density at radius 3 is 2.21 bits per heavy atom. The predicted octanol–water partition coefficient (Wildman–Crippen LogP) is 0.781. The van der Waals surface area contributed by atoms with E-state index in [1.807, 2.05) is 0 Å². The first-order valence-corrected chi connectivity index (χ1v) is 7.57. The molecule has 1 aromatic carbocycles. The van der Waals surface area contributed by atoms with Gasteiger partial charge < -0.3 is 20.2 Å². The number of nitrogens with zero attached hydrogens (tertiary/aromatic N) is 3. The molecule has 2 rings (SSSR count). The first-order chi connectivity index (χ1) is 12.9. The number of carboxylic acid groups (broad SMARTS) is 1. The molecule has 12 nitrogen and oxygen atoms in total. The van der Waals surface area contributed by atoms with Gasteiger partial charge in [-0.05, 0) is 6.07 Å². The second-order valence-corrected chi connectivity index (χ2v) is 5.73. The highest BCUT2D eigenvalue weighted by Crippen LogP contribution is 2.29. The summed E-state index contributed by atoms with van der Waals surface area (Å²) in [6.45, 7) is 0. The van der Waals surface area contributed by atoms with Crippen molar-refractivity contribution in [1.29, 1.82) is 0 Å². The van der Waals surface area contributed by atoms with Crippen LogP contribution in [0.5, 0.6) is 5.75 Å². The number of phenols is 1. The number of phenolic OH excluding ortho intramolecular Hbond substituents is 1. The lowest BCUT2D eigenvalue weighted by Gasteiger charge is -2.21. The predicted molar refractivity (Wildman–Crippen MR) is 94.1 cm³/mol. The number of benzene rings is 1. The fraction of sp³-hybridized carbons (Fsp3) is 0.250. The zero-order valence-electron chi connectivity index (χ0n) is 14.8. The van der Waals surface area contributed by atoms with Gasteiger partial charge in [0.2, 0.25) is 5.75 Å². The molecule has 0 radical (unpaired) electrons. The summed E-state index contributed by atoms with van der Waals surface area (Å²) in [5, 5.41) is 48.3. The second-order valence-electron chi connectivity index (χ2n) is 5.73. The highest BCUT2D eigenvalue weighted by Gasteiger charge is 2.50. The van der Waals surface area contributed by atoms with Crippen LogP contribution in [0.15, 0.2) is 42.5 Å². The SMILES string of the molecule is CN(C)C(=O)c1cccc([N+](=O)[O-])c1O.O=C(O)C1C=CC=CC1(O)[N+](=O)[O-]. The number of carboxylic acids is 1. The first-order valence-electron chi connectivity index (χ1n) is 7.57. The van der Waals surface area contributed by atoms with E-state index in [-0.39, 0.29) is 5.56 Å². The van der Waals surface area contributed by atoms with Crippen LogP contribution in [-0.4, -0.2) is 61.8 Å². The van der Waals surface area contributed by atoms with E-state index in [2.05, 4.69) is 0 Å². The number of para-hydroxylation sites is 1. The van der Waals surface area contributed by atoms with E-state index in [9.17, 15) is 40.0 Å². The number of amides is 1. The maximum absolute atomic E-state index is 11.5. The van der Waals surface area contributed by atoms with Crippen LogP contribution in [0.3, 0.4) is 0 Å².